The second kappa shape index (κ2) is 7.65. The number of hydrogen-bond donors (Lipinski definition) is 3. The Morgan fingerprint density at radius 1 is 1.32 bits per heavy atom. The summed E-state index contributed by atoms with van der Waals surface area (Å²) in [4.78, 5) is 14.5. The Balaban J connectivity index is 1.69. The SMILES string of the molecule is Cc1ccc(CNS(=O)(=O)c2cccc(C(=O)NC3CCNC3)c2)s1. The quantitative estimate of drug-likeness (QED) is 0.712. The van der Waals surface area contributed by atoms with E-state index in [1.165, 1.54) is 12.1 Å². The smallest absolute Gasteiger partial charge is 0.251 e. The van der Waals surface area contributed by atoms with E-state index in [0.717, 1.165) is 29.3 Å². The van der Waals surface area contributed by atoms with E-state index in [2.05, 4.69) is 15.4 Å². The largest absolute Gasteiger partial charge is 0.348 e. The van der Waals surface area contributed by atoms with E-state index in [-0.39, 0.29) is 23.4 Å². The van der Waals surface area contributed by atoms with Crippen molar-refractivity contribution in [1.29, 1.82) is 0 Å². The minimum absolute atomic E-state index is 0.0907. The molecule has 1 aliphatic heterocycles. The van der Waals surface area contributed by atoms with Crippen molar-refractivity contribution in [2.75, 3.05) is 13.1 Å². The van der Waals surface area contributed by atoms with Crippen molar-refractivity contribution in [2.24, 2.45) is 0 Å². The molecule has 1 aliphatic rings. The van der Waals surface area contributed by atoms with Gasteiger partial charge in [0.05, 0.1) is 4.90 Å². The standard InChI is InChI=1S/C17H21N3O3S2/c1-12-5-6-15(24-12)11-19-25(22,23)16-4-2-3-13(9-16)17(21)20-14-7-8-18-10-14/h2-6,9,14,18-19H,7-8,10-11H2,1H3,(H,20,21). The fraction of sp³-hybridized carbons (Fsp3) is 0.353. The highest BCUT2D eigenvalue weighted by molar-refractivity contribution is 7.89. The maximum Gasteiger partial charge on any atom is 0.251 e. The van der Waals surface area contributed by atoms with E-state index in [0.29, 0.717) is 5.56 Å². The molecule has 3 N–H and O–H groups in total. The number of sulfonamides is 1. The molecule has 1 amide bonds. The fourth-order valence-electron chi connectivity index (χ4n) is 2.68. The molecule has 1 fully saturated rings. The predicted molar refractivity (Wildman–Crippen MR) is 98.3 cm³/mol. The van der Waals surface area contributed by atoms with Crippen molar-refractivity contribution in [3.8, 4) is 0 Å². The van der Waals surface area contributed by atoms with E-state index in [9.17, 15) is 13.2 Å². The minimum Gasteiger partial charge on any atom is -0.348 e. The molecule has 2 aromatic rings. The third-order valence-corrected chi connectivity index (χ3v) is 6.43. The Bertz CT molecular complexity index is 856. The molecule has 8 heteroatoms. The predicted octanol–water partition coefficient (Wildman–Crippen LogP) is 1.63. The second-order valence-electron chi connectivity index (χ2n) is 6.03. The summed E-state index contributed by atoms with van der Waals surface area (Å²) in [5.41, 5.74) is 0.349. The van der Waals surface area contributed by atoms with Crippen LogP contribution in [0.15, 0.2) is 41.3 Å². The number of amides is 1. The van der Waals surface area contributed by atoms with E-state index in [1.54, 1.807) is 23.5 Å². The van der Waals surface area contributed by atoms with Gasteiger partial charge < -0.3 is 10.6 Å². The van der Waals surface area contributed by atoms with Crippen LogP contribution in [-0.2, 0) is 16.6 Å². The van der Waals surface area contributed by atoms with Crippen LogP contribution in [0.3, 0.4) is 0 Å². The molecule has 3 rings (SSSR count). The molecule has 1 unspecified atom stereocenters. The molecule has 1 aromatic carbocycles. The number of carbonyl (C=O) groups is 1. The molecule has 0 bridgehead atoms. The van der Waals surface area contributed by atoms with Crippen LogP contribution in [0.25, 0.3) is 0 Å². The summed E-state index contributed by atoms with van der Waals surface area (Å²) in [6.07, 6.45) is 0.880. The lowest BCUT2D eigenvalue weighted by atomic mass is 10.2. The van der Waals surface area contributed by atoms with Crippen molar-refractivity contribution in [1.82, 2.24) is 15.4 Å². The summed E-state index contributed by atoms with van der Waals surface area (Å²) < 4.78 is 27.6. The molecule has 134 valence electrons. The average Bonchev–Trinajstić information content (AvgIpc) is 3.25. The van der Waals surface area contributed by atoms with Gasteiger partial charge in [-0.25, -0.2) is 13.1 Å². The van der Waals surface area contributed by atoms with Gasteiger partial charge in [-0.05, 0) is 50.2 Å². The molecular formula is C17H21N3O3S2. The first-order valence-electron chi connectivity index (χ1n) is 8.11. The van der Waals surface area contributed by atoms with Crippen LogP contribution in [0.1, 0.15) is 26.5 Å². The Labute approximate surface area is 151 Å². The third-order valence-electron chi connectivity index (χ3n) is 4.03. The van der Waals surface area contributed by atoms with Crippen molar-refractivity contribution < 1.29 is 13.2 Å². The zero-order chi connectivity index (χ0) is 17.9. The minimum atomic E-state index is -3.67. The van der Waals surface area contributed by atoms with Crippen LogP contribution < -0.4 is 15.4 Å². The number of rotatable bonds is 6. The van der Waals surface area contributed by atoms with Gasteiger partial charge in [-0.2, -0.15) is 0 Å². The van der Waals surface area contributed by atoms with Crippen LogP contribution in [0, 0.1) is 6.92 Å². The summed E-state index contributed by atoms with van der Waals surface area (Å²) in [5.74, 6) is -0.250. The van der Waals surface area contributed by atoms with Gasteiger partial charge in [0.25, 0.3) is 5.91 Å². The van der Waals surface area contributed by atoms with Crippen molar-refractivity contribution in [3.05, 3.63) is 51.7 Å². The highest BCUT2D eigenvalue weighted by Crippen LogP contribution is 2.17. The van der Waals surface area contributed by atoms with E-state index < -0.39 is 10.0 Å². The Morgan fingerprint density at radius 2 is 2.16 bits per heavy atom. The lowest BCUT2D eigenvalue weighted by molar-refractivity contribution is 0.0940. The van der Waals surface area contributed by atoms with Crippen molar-refractivity contribution in [2.45, 2.75) is 30.8 Å². The summed E-state index contributed by atoms with van der Waals surface area (Å²) in [7, 11) is -3.67. The normalized spacial score (nSPS) is 17.6. The van der Waals surface area contributed by atoms with Crippen LogP contribution in [0.4, 0.5) is 0 Å². The Hall–Kier alpha value is -1.74. The van der Waals surface area contributed by atoms with Gasteiger partial charge in [0.15, 0.2) is 0 Å². The first-order chi connectivity index (χ1) is 11.9. The first-order valence-corrected chi connectivity index (χ1v) is 10.4. The Morgan fingerprint density at radius 3 is 2.84 bits per heavy atom. The number of benzene rings is 1. The second-order valence-corrected chi connectivity index (χ2v) is 9.17. The third kappa shape index (κ3) is 4.66. The van der Waals surface area contributed by atoms with E-state index >= 15 is 0 Å². The lowest BCUT2D eigenvalue weighted by Crippen LogP contribution is -2.36. The molecule has 0 saturated carbocycles. The zero-order valence-corrected chi connectivity index (χ0v) is 15.5. The van der Waals surface area contributed by atoms with E-state index in [1.807, 2.05) is 19.1 Å². The molecule has 1 aromatic heterocycles. The summed E-state index contributed by atoms with van der Waals surface area (Å²) in [6.45, 7) is 3.84. The molecule has 2 heterocycles. The Kier molecular flexibility index (Phi) is 5.53. The van der Waals surface area contributed by atoms with Gasteiger partial charge in [-0.1, -0.05) is 6.07 Å². The van der Waals surface area contributed by atoms with Crippen LogP contribution in [0.2, 0.25) is 0 Å². The maximum absolute atomic E-state index is 12.5. The van der Waals surface area contributed by atoms with Gasteiger partial charge in [0, 0.05) is 34.4 Å². The molecule has 6 nitrogen and oxygen atoms in total. The summed E-state index contributed by atoms with van der Waals surface area (Å²) in [6, 6.07) is 10.1. The van der Waals surface area contributed by atoms with Gasteiger partial charge in [0.1, 0.15) is 0 Å². The van der Waals surface area contributed by atoms with Crippen LogP contribution in [0.5, 0.6) is 0 Å². The van der Waals surface area contributed by atoms with Crippen LogP contribution >= 0.6 is 11.3 Å². The monoisotopic (exact) mass is 379 g/mol. The average molecular weight is 380 g/mol. The highest BCUT2D eigenvalue weighted by atomic mass is 32.2. The molecule has 0 radical (unpaired) electrons. The van der Waals surface area contributed by atoms with Gasteiger partial charge in [-0.3, -0.25) is 4.79 Å². The summed E-state index contributed by atoms with van der Waals surface area (Å²) >= 11 is 1.55. The number of aryl methyl sites for hydroxylation is 1. The number of hydrogen-bond acceptors (Lipinski definition) is 5. The molecule has 1 atom stereocenters. The summed E-state index contributed by atoms with van der Waals surface area (Å²) in [5, 5.41) is 6.10. The van der Waals surface area contributed by atoms with Gasteiger partial charge in [0.2, 0.25) is 10.0 Å². The molecule has 25 heavy (non-hydrogen) atoms. The molecule has 0 spiro atoms. The highest BCUT2D eigenvalue weighted by Gasteiger charge is 2.20. The maximum atomic E-state index is 12.5. The molecule has 0 aliphatic carbocycles. The number of nitrogens with one attached hydrogen (secondary N) is 3. The first kappa shape index (κ1) is 18.1. The number of thiophene rings is 1. The molecule has 1 saturated heterocycles. The number of carbonyl (C=O) groups excluding carboxylic acids is 1. The van der Waals surface area contributed by atoms with E-state index in [4.69, 9.17) is 0 Å². The van der Waals surface area contributed by atoms with Gasteiger partial charge in [-0.15, -0.1) is 11.3 Å². The van der Waals surface area contributed by atoms with Crippen molar-refractivity contribution >= 4 is 27.3 Å². The molecular weight excluding hydrogens is 358 g/mol. The topological polar surface area (TPSA) is 87.3 Å². The van der Waals surface area contributed by atoms with Crippen LogP contribution in [-0.4, -0.2) is 33.5 Å². The fourth-order valence-corrected chi connectivity index (χ4v) is 4.65. The lowest BCUT2D eigenvalue weighted by Gasteiger charge is -2.12. The van der Waals surface area contributed by atoms with Gasteiger partial charge >= 0.3 is 0 Å². The zero-order valence-electron chi connectivity index (χ0n) is 13.9. The van der Waals surface area contributed by atoms with Crippen molar-refractivity contribution in [3.63, 3.8) is 0 Å².